The van der Waals surface area contributed by atoms with Crippen LogP contribution in [-0.4, -0.2) is 31.7 Å². The maximum Gasteiger partial charge on any atom is 0.157 e. The predicted octanol–water partition coefficient (Wildman–Crippen LogP) is 2.29. The van der Waals surface area contributed by atoms with Gasteiger partial charge in [-0.05, 0) is 6.92 Å². The van der Waals surface area contributed by atoms with E-state index in [1.54, 1.807) is 20.0 Å². The second-order valence-corrected chi connectivity index (χ2v) is 6.95. The van der Waals surface area contributed by atoms with E-state index in [1.165, 1.54) is 6.26 Å². The van der Waals surface area contributed by atoms with Crippen molar-refractivity contribution < 1.29 is 8.42 Å². The summed E-state index contributed by atoms with van der Waals surface area (Å²) in [6, 6.07) is 11.4. The van der Waals surface area contributed by atoms with Crippen LogP contribution in [0.5, 0.6) is 0 Å². The van der Waals surface area contributed by atoms with Crippen LogP contribution in [0.25, 0.3) is 11.3 Å². The minimum Gasteiger partial charge on any atom is -0.373 e. The molecule has 1 heterocycles. The Morgan fingerprint density at radius 2 is 1.80 bits per heavy atom. The molecule has 0 bridgehead atoms. The molecule has 0 aliphatic carbocycles. The molecule has 1 N–H and O–H groups in total. The lowest BCUT2D eigenvalue weighted by atomic mass is 10.1. The van der Waals surface area contributed by atoms with E-state index in [0.717, 1.165) is 5.56 Å². The molecule has 6 heteroatoms. The van der Waals surface area contributed by atoms with E-state index in [4.69, 9.17) is 0 Å². The zero-order valence-corrected chi connectivity index (χ0v) is 12.5. The highest BCUT2D eigenvalue weighted by Crippen LogP contribution is 2.24. The second kappa shape index (κ2) is 5.58. The Kier molecular flexibility index (Phi) is 4.04. The molecule has 0 radical (unpaired) electrons. The van der Waals surface area contributed by atoms with Crippen LogP contribution in [0, 0.1) is 0 Å². The van der Waals surface area contributed by atoms with Gasteiger partial charge in [0.05, 0.1) is 5.69 Å². The van der Waals surface area contributed by atoms with Crippen LogP contribution in [0.15, 0.2) is 36.4 Å². The van der Waals surface area contributed by atoms with Crippen LogP contribution in [0.1, 0.15) is 18.0 Å². The third-order valence-electron chi connectivity index (χ3n) is 3.07. The average molecular weight is 291 g/mol. The maximum atomic E-state index is 11.7. The lowest BCUT2D eigenvalue weighted by Crippen LogP contribution is -2.13. The first-order valence-electron chi connectivity index (χ1n) is 6.23. The van der Waals surface area contributed by atoms with Gasteiger partial charge in [0.15, 0.2) is 9.84 Å². The number of benzene rings is 1. The molecule has 0 spiro atoms. The van der Waals surface area contributed by atoms with Crippen LogP contribution in [-0.2, 0) is 9.84 Å². The SMILES string of the molecule is CNc1cc(-c2ccccc2)nc(C(C)S(C)(=O)=O)n1. The van der Waals surface area contributed by atoms with E-state index >= 15 is 0 Å². The Bertz CT molecular complexity index is 700. The monoisotopic (exact) mass is 291 g/mol. The number of nitrogens with one attached hydrogen (secondary N) is 1. The van der Waals surface area contributed by atoms with Gasteiger partial charge >= 0.3 is 0 Å². The zero-order chi connectivity index (χ0) is 14.8. The molecular weight excluding hydrogens is 274 g/mol. The highest BCUT2D eigenvalue weighted by atomic mass is 32.2. The number of hydrogen-bond acceptors (Lipinski definition) is 5. The van der Waals surface area contributed by atoms with Crippen molar-refractivity contribution >= 4 is 15.7 Å². The molecule has 1 atom stereocenters. The topological polar surface area (TPSA) is 72.0 Å². The number of nitrogens with zero attached hydrogens (tertiary/aromatic N) is 2. The van der Waals surface area contributed by atoms with Crippen molar-refractivity contribution in [2.75, 3.05) is 18.6 Å². The minimum absolute atomic E-state index is 0.304. The molecule has 0 fully saturated rings. The third kappa shape index (κ3) is 3.14. The van der Waals surface area contributed by atoms with E-state index in [1.807, 2.05) is 30.3 Å². The van der Waals surface area contributed by atoms with Crippen LogP contribution >= 0.6 is 0 Å². The fraction of sp³-hybridized carbons (Fsp3) is 0.286. The van der Waals surface area contributed by atoms with Crippen molar-refractivity contribution in [1.82, 2.24) is 9.97 Å². The number of anilines is 1. The van der Waals surface area contributed by atoms with Gasteiger partial charge in [0.1, 0.15) is 16.9 Å². The smallest absolute Gasteiger partial charge is 0.157 e. The molecule has 1 aromatic heterocycles. The van der Waals surface area contributed by atoms with Gasteiger partial charge in [0, 0.05) is 24.9 Å². The van der Waals surface area contributed by atoms with Crippen LogP contribution in [0.3, 0.4) is 0 Å². The highest BCUT2D eigenvalue weighted by Gasteiger charge is 2.21. The quantitative estimate of drug-likeness (QED) is 0.935. The summed E-state index contributed by atoms with van der Waals surface area (Å²) in [5.74, 6) is 0.905. The van der Waals surface area contributed by atoms with Crippen LogP contribution in [0.2, 0.25) is 0 Å². The Hall–Kier alpha value is -1.95. The molecule has 1 aromatic carbocycles. The van der Waals surface area contributed by atoms with Crippen molar-refractivity contribution in [2.24, 2.45) is 0 Å². The number of rotatable bonds is 4. The number of hydrogen-bond donors (Lipinski definition) is 1. The van der Waals surface area contributed by atoms with Gasteiger partial charge in [-0.1, -0.05) is 30.3 Å². The summed E-state index contributed by atoms with van der Waals surface area (Å²) in [7, 11) is -1.49. The standard InChI is InChI=1S/C14H17N3O2S/c1-10(20(3,18)19)14-16-12(9-13(15-2)17-14)11-7-5-4-6-8-11/h4-10H,1-3H3,(H,15,16,17). The molecule has 0 saturated heterocycles. The van der Waals surface area contributed by atoms with Crippen molar-refractivity contribution in [3.63, 3.8) is 0 Å². The molecule has 2 aromatic rings. The van der Waals surface area contributed by atoms with Crippen LogP contribution < -0.4 is 5.32 Å². The first-order valence-corrected chi connectivity index (χ1v) is 8.18. The number of aromatic nitrogens is 2. The zero-order valence-electron chi connectivity index (χ0n) is 11.7. The third-order valence-corrected chi connectivity index (χ3v) is 4.57. The van der Waals surface area contributed by atoms with Crippen molar-refractivity contribution in [2.45, 2.75) is 12.2 Å². The molecule has 2 rings (SSSR count). The van der Waals surface area contributed by atoms with Crippen molar-refractivity contribution in [1.29, 1.82) is 0 Å². The van der Waals surface area contributed by atoms with Gasteiger partial charge in [-0.2, -0.15) is 0 Å². The van der Waals surface area contributed by atoms with E-state index in [9.17, 15) is 8.42 Å². The lowest BCUT2D eigenvalue weighted by Gasteiger charge is -2.12. The average Bonchev–Trinajstić information content (AvgIpc) is 2.46. The largest absolute Gasteiger partial charge is 0.373 e. The van der Waals surface area contributed by atoms with Gasteiger partial charge in [0.25, 0.3) is 0 Å². The maximum absolute atomic E-state index is 11.7. The predicted molar refractivity (Wildman–Crippen MR) is 80.3 cm³/mol. The van der Waals surface area contributed by atoms with Crippen molar-refractivity contribution in [3.8, 4) is 11.3 Å². The van der Waals surface area contributed by atoms with Gasteiger partial charge in [-0.15, -0.1) is 0 Å². The van der Waals surface area contributed by atoms with Gasteiger partial charge < -0.3 is 5.32 Å². The minimum atomic E-state index is -3.23. The Labute approximate surface area is 119 Å². The molecule has 5 nitrogen and oxygen atoms in total. The van der Waals surface area contributed by atoms with Crippen LogP contribution in [0.4, 0.5) is 5.82 Å². The first kappa shape index (κ1) is 14.5. The van der Waals surface area contributed by atoms with E-state index in [2.05, 4.69) is 15.3 Å². The molecule has 0 saturated carbocycles. The Morgan fingerprint density at radius 3 is 2.35 bits per heavy atom. The second-order valence-electron chi connectivity index (χ2n) is 4.58. The summed E-state index contributed by atoms with van der Waals surface area (Å²) in [5, 5.41) is 2.20. The van der Waals surface area contributed by atoms with Gasteiger partial charge in [-0.3, -0.25) is 0 Å². The number of sulfone groups is 1. The molecule has 0 amide bonds. The summed E-state index contributed by atoms with van der Waals surface area (Å²) in [5.41, 5.74) is 1.63. The molecule has 0 aliphatic heterocycles. The fourth-order valence-corrected chi connectivity index (χ4v) is 2.21. The van der Waals surface area contributed by atoms with Gasteiger partial charge in [-0.25, -0.2) is 18.4 Å². The van der Waals surface area contributed by atoms with E-state index in [0.29, 0.717) is 17.3 Å². The molecule has 106 valence electrons. The summed E-state index contributed by atoms with van der Waals surface area (Å²) >= 11 is 0. The Morgan fingerprint density at radius 1 is 1.15 bits per heavy atom. The highest BCUT2D eigenvalue weighted by molar-refractivity contribution is 7.90. The summed E-state index contributed by atoms with van der Waals surface area (Å²) < 4.78 is 23.4. The van der Waals surface area contributed by atoms with E-state index < -0.39 is 15.1 Å². The Balaban J connectivity index is 2.56. The molecule has 1 unspecified atom stereocenters. The van der Waals surface area contributed by atoms with E-state index in [-0.39, 0.29) is 0 Å². The fourth-order valence-electron chi connectivity index (χ4n) is 1.72. The lowest BCUT2D eigenvalue weighted by molar-refractivity contribution is 0.589. The van der Waals surface area contributed by atoms with Crippen molar-refractivity contribution in [3.05, 3.63) is 42.2 Å². The van der Waals surface area contributed by atoms with Gasteiger partial charge in [0.2, 0.25) is 0 Å². The summed E-state index contributed by atoms with van der Waals surface area (Å²) in [4.78, 5) is 8.63. The molecule has 0 aliphatic rings. The summed E-state index contributed by atoms with van der Waals surface area (Å²) in [6.07, 6.45) is 1.19. The molecular formula is C14H17N3O2S. The first-order chi connectivity index (χ1) is 9.41. The summed E-state index contributed by atoms with van der Waals surface area (Å²) in [6.45, 7) is 1.60. The molecule has 20 heavy (non-hydrogen) atoms. The normalized spacial score (nSPS) is 12.9.